The van der Waals surface area contributed by atoms with E-state index in [0.29, 0.717) is 11.3 Å². The molecule has 0 fully saturated rings. The third-order valence-corrected chi connectivity index (χ3v) is 2.67. The summed E-state index contributed by atoms with van der Waals surface area (Å²) in [5, 5.41) is 24.8. The lowest BCUT2D eigenvalue weighted by Crippen LogP contribution is -1.95. The van der Waals surface area contributed by atoms with Gasteiger partial charge in [-0.05, 0) is 12.1 Å². The molecule has 0 spiro atoms. The number of ether oxygens (including phenoxy) is 1. The second-order valence-electron chi connectivity index (χ2n) is 3.48. The van der Waals surface area contributed by atoms with Crippen LogP contribution in [-0.2, 0) is 0 Å². The monoisotopic (exact) mass is 268 g/mol. The molecule has 0 unspecified atom stereocenters. The van der Waals surface area contributed by atoms with Crippen molar-refractivity contribution in [1.29, 1.82) is 0 Å². The summed E-state index contributed by atoms with van der Waals surface area (Å²) < 4.78 is 4.95. The summed E-state index contributed by atoms with van der Waals surface area (Å²) >= 11 is 5.96. The van der Waals surface area contributed by atoms with Crippen LogP contribution in [0.2, 0.25) is 5.02 Å². The number of nitrogens with one attached hydrogen (secondary N) is 1. The van der Waals surface area contributed by atoms with Crippen LogP contribution in [-0.4, -0.2) is 33.5 Å². The fourth-order valence-corrected chi connectivity index (χ4v) is 1.73. The summed E-state index contributed by atoms with van der Waals surface area (Å²) in [5.74, 6) is -0.981. The minimum absolute atomic E-state index is 0.0480. The number of phenolic OH excluding ortho intramolecular Hbond substituents is 1. The van der Waals surface area contributed by atoms with Gasteiger partial charge in [0.2, 0.25) is 0 Å². The van der Waals surface area contributed by atoms with Crippen LogP contribution >= 0.6 is 11.6 Å². The number of methoxy groups -OCH3 is 1. The molecule has 0 radical (unpaired) electrons. The van der Waals surface area contributed by atoms with Crippen molar-refractivity contribution in [3.05, 3.63) is 28.9 Å². The molecular weight excluding hydrogens is 260 g/mol. The molecule has 18 heavy (non-hydrogen) atoms. The van der Waals surface area contributed by atoms with Crippen LogP contribution in [0.25, 0.3) is 11.3 Å². The lowest BCUT2D eigenvalue weighted by molar-refractivity contribution is 0.0690. The first-order chi connectivity index (χ1) is 8.52. The zero-order chi connectivity index (χ0) is 13.3. The van der Waals surface area contributed by atoms with Crippen molar-refractivity contribution in [3.63, 3.8) is 0 Å². The number of hydrogen-bond acceptors (Lipinski definition) is 4. The Hall–Kier alpha value is -2.21. The van der Waals surface area contributed by atoms with Gasteiger partial charge in [0.15, 0.2) is 11.5 Å². The van der Waals surface area contributed by atoms with Crippen LogP contribution in [0.15, 0.2) is 18.2 Å². The molecule has 1 heterocycles. The predicted molar refractivity (Wildman–Crippen MR) is 64.2 cm³/mol. The summed E-state index contributed by atoms with van der Waals surface area (Å²) in [5.41, 5.74) is 0.777. The van der Waals surface area contributed by atoms with Gasteiger partial charge in [-0.15, -0.1) is 0 Å². The van der Waals surface area contributed by atoms with Gasteiger partial charge in [-0.3, -0.25) is 5.10 Å². The molecule has 1 aromatic heterocycles. The molecule has 0 bridgehead atoms. The van der Waals surface area contributed by atoms with Gasteiger partial charge in [-0.2, -0.15) is 5.10 Å². The van der Waals surface area contributed by atoms with Crippen LogP contribution in [0.1, 0.15) is 10.5 Å². The standard InChI is InChI=1S/C11H9ClN2O4/c1-18-10-2-5(6(12)3-9(10)15)7-4-8(11(16)17)14-13-7/h2-4,15H,1H3,(H,13,14)(H,16,17). The number of aromatic nitrogens is 2. The summed E-state index contributed by atoms with van der Waals surface area (Å²) in [6.07, 6.45) is 0. The fraction of sp³-hybridized carbons (Fsp3) is 0.0909. The number of H-pyrrole nitrogens is 1. The van der Waals surface area contributed by atoms with Gasteiger partial charge in [-0.25, -0.2) is 4.79 Å². The topological polar surface area (TPSA) is 95.4 Å². The maximum atomic E-state index is 10.7. The van der Waals surface area contributed by atoms with Gasteiger partial charge in [0.1, 0.15) is 5.69 Å². The summed E-state index contributed by atoms with van der Waals surface area (Å²) in [6, 6.07) is 4.14. The number of hydrogen-bond donors (Lipinski definition) is 3. The molecule has 0 amide bonds. The molecule has 0 saturated heterocycles. The fourth-order valence-electron chi connectivity index (χ4n) is 1.47. The number of benzene rings is 1. The maximum absolute atomic E-state index is 10.7. The van der Waals surface area contributed by atoms with Gasteiger partial charge < -0.3 is 14.9 Å². The Kier molecular flexibility index (Phi) is 3.12. The summed E-state index contributed by atoms with van der Waals surface area (Å²) in [7, 11) is 1.40. The highest BCUT2D eigenvalue weighted by molar-refractivity contribution is 6.33. The van der Waals surface area contributed by atoms with E-state index in [1.54, 1.807) is 0 Å². The van der Waals surface area contributed by atoms with Gasteiger partial charge >= 0.3 is 5.97 Å². The Morgan fingerprint density at radius 1 is 1.44 bits per heavy atom. The lowest BCUT2D eigenvalue weighted by atomic mass is 10.1. The number of aromatic amines is 1. The first-order valence-corrected chi connectivity index (χ1v) is 5.26. The van der Waals surface area contributed by atoms with Crippen molar-refractivity contribution in [2.75, 3.05) is 7.11 Å². The number of carbonyl (C=O) groups is 1. The van der Waals surface area contributed by atoms with Crippen molar-refractivity contribution in [2.45, 2.75) is 0 Å². The molecule has 0 aliphatic heterocycles. The van der Waals surface area contributed by atoms with Crippen LogP contribution in [0.3, 0.4) is 0 Å². The average Bonchev–Trinajstić information content (AvgIpc) is 2.78. The average molecular weight is 269 g/mol. The van der Waals surface area contributed by atoms with E-state index in [2.05, 4.69) is 10.2 Å². The Balaban J connectivity index is 2.52. The van der Waals surface area contributed by atoms with E-state index < -0.39 is 5.97 Å². The van der Waals surface area contributed by atoms with E-state index in [1.807, 2.05) is 0 Å². The molecule has 94 valence electrons. The molecule has 2 rings (SSSR count). The Morgan fingerprint density at radius 3 is 2.72 bits per heavy atom. The Morgan fingerprint density at radius 2 is 2.17 bits per heavy atom. The third kappa shape index (κ3) is 2.10. The number of aromatic hydroxyl groups is 1. The van der Waals surface area contributed by atoms with Crippen molar-refractivity contribution < 1.29 is 19.7 Å². The van der Waals surface area contributed by atoms with E-state index >= 15 is 0 Å². The van der Waals surface area contributed by atoms with Crippen molar-refractivity contribution in [1.82, 2.24) is 10.2 Å². The number of phenols is 1. The molecule has 6 nitrogen and oxygen atoms in total. The van der Waals surface area contributed by atoms with Crippen molar-refractivity contribution >= 4 is 17.6 Å². The highest BCUT2D eigenvalue weighted by atomic mass is 35.5. The largest absolute Gasteiger partial charge is 0.504 e. The molecule has 2 aromatic rings. The lowest BCUT2D eigenvalue weighted by Gasteiger charge is -2.07. The van der Waals surface area contributed by atoms with Crippen LogP contribution in [0, 0.1) is 0 Å². The van der Waals surface area contributed by atoms with Gasteiger partial charge in [0.05, 0.1) is 17.8 Å². The first-order valence-electron chi connectivity index (χ1n) is 4.88. The quantitative estimate of drug-likeness (QED) is 0.793. The SMILES string of the molecule is COc1cc(-c2cc(C(=O)O)[nH]n2)c(Cl)cc1O. The van der Waals surface area contributed by atoms with Crippen molar-refractivity contribution in [3.8, 4) is 22.8 Å². The predicted octanol–water partition coefficient (Wildman–Crippen LogP) is 2.14. The minimum Gasteiger partial charge on any atom is -0.504 e. The van der Waals surface area contributed by atoms with E-state index in [0.717, 1.165) is 0 Å². The van der Waals surface area contributed by atoms with E-state index in [9.17, 15) is 9.90 Å². The van der Waals surface area contributed by atoms with Crippen molar-refractivity contribution in [2.24, 2.45) is 0 Å². The number of rotatable bonds is 3. The van der Waals surface area contributed by atoms with Gasteiger partial charge in [-0.1, -0.05) is 11.6 Å². The van der Waals surface area contributed by atoms with Crippen LogP contribution < -0.4 is 4.74 Å². The number of carboxylic acid groups (broad SMARTS) is 1. The second kappa shape index (κ2) is 4.58. The zero-order valence-corrected chi connectivity index (χ0v) is 10.0. The second-order valence-corrected chi connectivity index (χ2v) is 3.88. The maximum Gasteiger partial charge on any atom is 0.353 e. The normalized spacial score (nSPS) is 10.3. The molecule has 3 N–H and O–H groups in total. The number of nitrogens with zero attached hydrogens (tertiary/aromatic N) is 1. The van der Waals surface area contributed by atoms with E-state index in [4.69, 9.17) is 21.4 Å². The molecule has 0 saturated carbocycles. The molecule has 0 aliphatic carbocycles. The number of halogens is 1. The molecular formula is C11H9ClN2O4. The Bertz CT molecular complexity index is 609. The highest BCUT2D eigenvalue weighted by Crippen LogP contribution is 2.37. The highest BCUT2D eigenvalue weighted by Gasteiger charge is 2.14. The minimum atomic E-state index is -1.12. The molecule has 7 heteroatoms. The van der Waals surface area contributed by atoms with E-state index in [-0.39, 0.29) is 22.2 Å². The molecule has 0 atom stereocenters. The molecule has 0 aliphatic rings. The van der Waals surface area contributed by atoms with Gasteiger partial charge in [0.25, 0.3) is 0 Å². The first kappa shape index (κ1) is 12.3. The summed E-state index contributed by atoms with van der Waals surface area (Å²) in [6.45, 7) is 0. The van der Waals surface area contributed by atoms with Gasteiger partial charge in [0, 0.05) is 11.6 Å². The Labute approximate surface area is 107 Å². The van der Waals surface area contributed by atoms with E-state index in [1.165, 1.54) is 25.3 Å². The number of aromatic carboxylic acids is 1. The van der Waals surface area contributed by atoms with Crippen LogP contribution in [0.5, 0.6) is 11.5 Å². The third-order valence-electron chi connectivity index (χ3n) is 2.35. The smallest absolute Gasteiger partial charge is 0.353 e. The molecule has 1 aromatic carbocycles. The number of carboxylic acids is 1. The zero-order valence-electron chi connectivity index (χ0n) is 9.27. The van der Waals surface area contributed by atoms with Crippen LogP contribution in [0.4, 0.5) is 0 Å². The summed E-state index contributed by atoms with van der Waals surface area (Å²) in [4.78, 5) is 10.7.